The Hall–Kier alpha value is -1.43. The second-order valence-corrected chi connectivity index (χ2v) is 5.30. The maximum Gasteiger partial charge on any atom is 0.314 e. The molecule has 0 aromatic heterocycles. The number of urea groups is 1. The number of amides is 2. The van der Waals surface area contributed by atoms with E-state index in [1.54, 1.807) is 6.08 Å². The number of nitrogens with one attached hydrogen (secondary N) is 2. The maximum absolute atomic E-state index is 11.6. The molecule has 1 fully saturated rings. The van der Waals surface area contributed by atoms with Gasteiger partial charge in [-0.25, -0.2) is 14.6 Å². The number of aliphatic hydroxyl groups excluding tert-OH is 1. The van der Waals surface area contributed by atoms with Gasteiger partial charge < -0.3 is 20.5 Å². The zero-order chi connectivity index (χ0) is 15.3. The molecule has 120 valence electrons. The van der Waals surface area contributed by atoms with Crippen LogP contribution in [0.4, 0.5) is 4.79 Å². The van der Waals surface area contributed by atoms with Crippen LogP contribution >= 0.6 is 0 Å². The molecule has 7 heteroatoms. The first-order valence-corrected chi connectivity index (χ1v) is 7.50. The monoisotopic (exact) mass is 299 g/mol. The lowest BCUT2D eigenvalue weighted by atomic mass is 9.81. The highest BCUT2D eigenvalue weighted by Gasteiger charge is 2.22. The normalized spacial score (nSPS) is 21.4. The minimum absolute atomic E-state index is 0.0107. The molecule has 0 bridgehead atoms. The van der Waals surface area contributed by atoms with Gasteiger partial charge in [-0.05, 0) is 31.1 Å². The summed E-state index contributed by atoms with van der Waals surface area (Å²) in [7, 11) is 0. The molecular formula is C14H25N3O4. The molecule has 2 unspecified atom stereocenters. The van der Waals surface area contributed by atoms with Crippen LogP contribution in [0.3, 0.4) is 0 Å². The number of carbonyl (C=O) groups excluding carboxylic acids is 2. The zero-order valence-electron chi connectivity index (χ0n) is 12.3. The van der Waals surface area contributed by atoms with Crippen LogP contribution in [-0.4, -0.2) is 56.7 Å². The summed E-state index contributed by atoms with van der Waals surface area (Å²) in [5.41, 5.74) is 0. The van der Waals surface area contributed by atoms with Crippen LogP contribution in [0, 0.1) is 11.8 Å². The first kappa shape index (κ1) is 17.6. The Bertz CT molecular complexity index is 345. The van der Waals surface area contributed by atoms with E-state index in [-0.39, 0.29) is 19.2 Å². The Morgan fingerprint density at radius 1 is 1.29 bits per heavy atom. The number of nitrogens with zero attached hydrogens (tertiary/aromatic N) is 1. The standard InChI is InChI=1S/C14H25N3O4/c18-5-7-21-6-4-16-14(20)17-10-13-3-1-2-12(8-13)9-15-11-19/h12-13,18H,1-10H2,(H2,16,17,20). The summed E-state index contributed by atoms with van der Waals surface area (Å²) >= 11 is 0. The predicted octanol–water partition coefficient (Wildman–Crippen LogP) is 0.437. The smallest absolute Gasteiger partial charge is 0.314 e. The molecule has 0 aromatic rings. The van der Waals surface area contributed by atoms with Gasteiger partial charge in [0.1, 0.15) is 0 Å². The highest BCUT2D eigenvalue weighted by atomic mass is 16.5. The molecule has 0 radical (unpaired) electrons. The average molecular weight is 299 g/mol. The fourth-order valence-electron chi connectivity index (χ4n) is 2.62. The highest BCUT2D eigenvalue weighted by Crippen LogP contribution is 2.28. The van der Waals surface area contributed by atoms with Gasteiger partial charge >= 0.3 is 6.03 Å². The Morgan fingerprint density at radius 2 is 2.10 bits per heavy atom. The molecule has 0 saturated heterocycles. The van der Waals surface area contributed by atoms with Crippen LogP contribution in [-0.2, 0) is 9.53 Å². The van der Waals surface area contributed by atoms with Crippen molar-refractivity contribution in [1.82, 2.24) is 10.6 Å². The number of aliphatic imine (C=N–C) groups is 1. The van der Waals surface area contributed by atoms with Gasteiger partial charge in [-0.15, -0.1) is 0 Å². The lowest BCUT2D eigenvalue weighted by molar-refractivity contribution is 0.0946. The lowest BCUT2D eigenvalue weighted by Gasteiger charge is -2.28. The van der Waals surface area contributed by atoms with Crippen molar-refractivity contribution in [3.63, 3.8) is 0 Å². The predicted molar refractivity (Wildman–Crippen MR) is 77.7 cm³/mol. The van der Waals surface area contributed by atoms with E-state index in [2.05, 4.69) is 15.6 Å². The molecule has 0 aliphatic heterocycles. The molecule has 1 saturated carbocycles. The van der Waals surface area contributed by atoms with E-state index >= 15 is 0 Å². The third-order valence-corrected chi connectivity index (χ3v) is 3.62. The summed E-state index contributed by atoms with van der Waals surface area (Å²) in [6, 6.07) is -0.198. The van der Waals surface area contributed by atoms with Gasteiger partial charge in [-0.2, -0.15) is 0 Å². The number of ether oxygens (including phenoxy) is 1. The Balaban J connectivity index is 2.10. The summed E-state index contributed by atoms with van der Waals surface area (Å²) in [5, 5.41) is 14.1. The molecule has 0 spiro atoms. The van der Waals surface area contributed by atoms with E-state index < -0.39 is 0 Å². The maximum atomic E-state index is 11.6. The molecule has 1 aliphatic carbocycles. The summed E-state index contributed by atoms with van der Waals surface area (Å²) in [4.78, 5) is 25.4. The molecular weight excluding hydrogens is 274 g/mol. The van der Waals surface area contributed by atoms with Crippen LogP contribution in [0.1, 0.15) is 25.7 Å². The van der Waals surface area contributed by atoms with Crippen molar-refractivity contribution in [3.05, 3.63) is 0 Å². The van der Waals surface area contributed by atoms with E-state index in [4.69, 9.17) is 9.84 Å². The minimum atomic E-state index is -0.198. The topological polar surface area (TPSA) is 100 Å². The first-order chi connectivity index (χ1) is 10.3. The molecule has 1 rings (SSSR count). The van der Waals surface area contributed by atoms with Crippen LogP contribution in [0.15, 0.2) is 4.99 Å². The molecule has 1 aliphatic rings. The third kappa shape index (κ3) is 8.45. The van der Waals surface area contributed by atoms with Crippen molar-refractivity contribution >= 4 is 12.1 Å². The van der Waals surface area contributed by atoms with E-state index in [1.165, 1.54) is 0 Å². The average Bonchev–Trinajstić information content (AvgIpc) is 2.51. The SMILES string of the molecule is O=C=NCC1CCCC(CNC(=O)NCCOCCO)C1. The highest BCUT2D eigenvalue weighted by molar-refractivity contribution is 5.73. The van der Waals surface area contributed by atoms with E-state index in [0.717, 1.165) is 25.7 Å². The molecule has 0 heterocycles. The third-order valence-electron chi connectivity index (χ3n) is 3.62. The molecule has 2 amide bonds. The number of isocyanates is 1. The summed E-state index contributed by atoms with van der Waals surface area (Å²) in [5.74, 6) is 0.879. The van der Waals surface area contributed by atoms with Crippen LogP contribution < -0.4 is 10.6 Å². The van der Waals surface area contributed by atoms with Crippen LogP contribution in [0.25, 0.3) is 0 Å². The van der Waals surface area contributed by atoms with Gasteiger partial charge in [0, 0.05) is 13.1 Å². The molecule has 21 heavy (non-hydrogen) atoms. The zero-order valence-corrected chi connectivity index (χ0v) is 12.3. The minimum Gasteiger partial charge on any atom is -0.394 e. The van der Waals surface area contributed by atoms with Crippen molar-refractivity contribution < 1.29 is 19.4 Å². The van der Waals surface area contributed by atoms with Gasteiger partial charge in [0.05, 0.1) is 26.4 Å². The van der Waals surface area contributed by atoms with Crippen molar-refractivity contribution in [2.45, 2.75) is 25.7 Å². The van der Waals surface area contributed by atoms with E-state index in [0.29, 0.717) is 38.1 Å². The number of aliphatic hydroxyl groups is 1. The molecule has 3 N–H and O–H groups in total. The van der Waals surface area contributed by atoms with Crippen molar-refractivity contribution in [1.29, 1.82) is 0 Å². The summed E-state index contributed by atoms with van der Waals surface area (Å²) in [6.45, 7) is 2.29. The first-order valence-electron chi connectivity index (χ1n) is 7.50. The fourth-order valence-corrected chi connectivity index (χ4v) is 2.62. The second-order valence-electron chi connectivity index (χ2n) is 5.30. The summed E-state index contributed by atoms with van der Waals surface area (Å²) < 4.78 is 5.04. The lowest BCUT2D eigenvalue weighted by Crippen LogP contribution is -2.40. The molecule has 2 atom stereocenters. The molecule has 7 nitrogen and oxygen atoms in total. The van der Waals surface area contributed by atoms with Crippen LogP contribution in [0.5, 0.6) is 0 Å². The van der Waals surface area contributed by atoms with Gasteiger partial charge in [0.25, 0.3) is 0 Å². The summed E-state index contributed by atoms with van der Waals surface area (Å²) in [6.07, 6.45) is 5.88. The Morgan fingerprint density at radius 3 is 2.86 bits per heavy atom. The number of rotatable bonds is 9. The quantitative estimate of drug-likeness (QED) is 0.327. The Kier molecular flexibility index (Phi) is 9.44. The number of carbonyl (C=O) groups is 1. The Labute approximate surface area is 125 Å². The van der Waals surface area contributed by atoms with Gasteiger partial charge in [0.2, 0.25) is 6.08 Å². The fraction of sp³-hybridized carbons (Fsp3) is 0.857. The van der Waals surface area contributed by atoms with Gasteiger partial charge in [-0.3, -0.25) is 0 Å². The van der Waals surface area contributed by atoms with Crippen molar-refractivity contribution in [3.8, 4) is 0 Å². The van der Waals surface area contributed by atoms with E-state index in [9.17, 15) is 9.59 Å². The largest absolute Gasteiger partial charge is 0.394 e. The van der Waals surface area contributed by atoms with Gasteiger partial charge in [0.15, 0.2) is 0 Å². The molecule has 0 aromatic carbocycles. The number of hydrogen-bond acceptors (Lipinski definition) is 5. The second kappa shape index (κ2) is 11.3. The van der Waals surface area contributed by atoms with E-state index in [1.807, 2.05) is 0 Å². The van der Waals surface area contributed by atoms with Crippen LogP contribution in [0.2, 0.25) is 0 Å². The van der Waals surface area contributed by atoms with Crippen molar-refractivity contribution in [2.75, 3.05) is 39.5 Å². The van der Waals surface area contributed by atoms with Gasteiger partial charge in [-0.1, -0.05) is 6.42 Å². The van der Waals surface area contributed by atoms with Crippen molar-refractivity contribution in [2.24, 2.45) is 16.8 Å². The number of hydrogen-bond donors (Lipinski definition) is 3.